The van der Waals surface area contributed by atoms with Crippen LogP contribution in [-0.4, -0.2) is 45.5 Å². The molecule has 0 N–H and O–H groups in total. The number of nitro groups is 1. The van der Waals surface area contributed by atoms with Crippen LogP contribution in [0.4, 0.5) is 5.69 Å². The average molecular weight is 522 g/mol. The minimum Gasteiger partial charge on any atom is -0.270 e. The molecule has 9 nitrogen and oxygen atoms in total. The van der Waals surface area contributed by atoms with Crippen LogP contribution in [0.3, 0.4) is 0 Å². The summed E-state index contributed by atoms with van der Waals surface area (Å²) in [6, 6.07) is 22.9. The molecule has 1 fully saturated rings. The van der Waals surface area contributed by atoms with E-state index in [4.69, 9.17) is 0 Å². The number of rotatable bonds is 8. The Morgan fingerprint density at radius 3 is 2.33 bits per heavy atom. The Bertz CT molecular complexity index is 1480. The lowest BCUT2D eigenvalue weighted by molar-refractivity contribution is -0.384. The van der Waals surface area contributed by atoms with Crippen molar-refractivity contribution in [3.8, 4) is 17.1 Å². The number of sulfonamides is 1. The van der Waals surface area contributed by atoms with Gasteiger partial charge in [-0.05, 0) is 42.7 Å². The summed E-state index contributed by atoms with van der Waals surface area (Å²) in [5, 5.41) is 20.4. The molecular weight excluding hydrogens is 498 g/mol. The summed E-state index contributed by atoms with van der Waals surface area (Å²) in [7, 11) is -3.57. The van der Waals surface area contributed by atoms with Crippen molar-refractivity contribution in [2.24, 2.45) is 0 Å². The Balaban J connectivity index is 1.49. The molecule has 2 heterocycles. The fourth-order valence-electron chi connectivity index (χ4n) is 4.10. The van der Waals surface area contributed by atoms with Crippen LogP contribution in [0.15, 0.2) is 88.9 Å². The summed E-state index contributed by atoms with van der Waals surface area (Å²) in [5.41, 5.74) is 2.45. The van der Waals surface area contributed by atoms with E-state index < -0.39 is 14.9 Å². The van der Waals surface area contributed by atoms with E-state index in [-0.39, 0.29) is 10.6 Å². The third kappa shape index (κ3) is 4.90. The second kappa shape index (κ2) is 10.2. The van der Waals surface area contributed by atoms with Crippen LogP contribution in [0, 0.1) is 10.1 Å². The molecule has 36 heavy (non-hydrogen) atoms. The van der Waals surface area contributed by atoms with Crippen LogP contribution in [0.2, 0.25) is 0 Å². The van der Waals surface area contributed by atoms with Crippen molar-refractivity contribution in [3.05, 3.63) is 94.5 Å². The first-order valence-corrected chi connectivity index (χ1v) is 13.8. The van der Waals surface area contributed by atoms with Gasteiger partial charge in [0.15, 0.2) is 11.0 Å². The van der Waals surface area contributed by atoms with Gasteiger partial charge in [0.05, 0.1) is 9.82 Å². The van der Waals surface area contributed by atoms with E-state index in [1.54, 1.807) is 30.3 Å². The SMILES string of the molecule is O=[N+]([O-])c1ccc(CSc2nnc(-c3cccc(S(=O)(=O)N4CCCC4)c3)n2-c2ccccc2)cc1. The maximum Gasteiger partial charge on any atom is 0.269 e. The molecule has 0 aliphatic carbocycles. The highest BCUT2D eigenvalue weighted by Gasteiger charge is 2.28. The van der Waals surface area contributed by atoms with E-state index in [1.165, 1.54) is 28.2 Å². The minimum absolute atomic E-state index is 0.0438. The van der Waals surface area contributed by atoms with Crippen LogP contribution >= 0.6 is 11.8 Å². The molecule has 11 heteroatoms. The third-order valence-electron chi connectivity index (χ3n) is 5.96. The van der Waals surface area contributed by atoms with E-state index in [1.807, 2.05) is 41.0 Å². The second-order valence-corrected chi connectivity index (χ2v) is 11.2. The minimum atomic E-state index is -3.57. The zero-order valence-electron chi connectivity index (χ0n) is 19.2. The lowest BCUT2D eigenvalue weighted by Crippen LogP contribution is -2.27. The summed E-state index contributed by atoms with van der Waals surface area (Å²) in [6.45, 7) is 1.08. The third-order valence-corrected chi connectivity index (χ3v) is 8.85. The Morgan fingerprint density at radius 2 is 1.64 bits per heavy atom. The van der Waals surface area contributed by atoms with Gasteiger partial charge in [0.25, 0.3) is 5.69 Å². The molecule has 1 aliphatic rings. The molecule has 0 radical (unpaired) electrons. The first kappa shape index (κ1) is 24.2. The van der Waals surface area contributed by atoms with E-state index in [9.17, 15) is 18.5 Å². The van der Waals surface area contributed by atoms with Crippen LogP contribution in [-0.2, 0) is 15.8 Å². The molecule has 1 aromatic heterocycles. The molecule has 1 saturated heterocycles. The van der Waals surface area contributed by atoms with Crippen LogP contribution in [0.5, 0.6) is 0 Å². The summed E-state index contributed by atoms with van der Waals surface area (Å²) < 4.78 is 29.7. The first-order chi connectivity index (χ1) is 17.4. The Hall–Kier alpha value is -3.54. The summed E-state index contributed by atoms with van der Waals surface area (Å²) >= 11 is 1.45. The number of hydrogen-bond acceptors (Lipinski definition) is 7. The van der Waals surface area contributed by atoms with Crippen molar-refractivity contribution in [2.75, 3.05) is 13.1 Å². The Kier molecular flexibility index (Phi) is 6.86. The van der Waals surface area contributed by atoms with Crippen LogP contribution < -0.4 is 0 Å². The average Bonchev–Trinajstić information content (AvgIpc) is 3.59. The maximum absolute atomic E-state index is 13.1. The molecule has 0 unspecified atom stereocenters. The number of benzene rings is 3. The van der Waals surface area contributed by atoms with Gasteiger partial charge in [-0.25, -0.2) is 8.42 Å². The first-order valence-electron chi connectivity index (χ1n) is 11.4. The molecule has 0 atom stereocenters. The lowest BCUT2D eigenvalue weighted by atomic mass is 10.2. The molecule has 0 spiro atoms. The number of nitro benzene ring substituents is 1. The van der Waals surface area contributed by atoms with Gasteiger partial charge in [-0.15, -0.1) is 10.2 Å². The number of aromatic nitrogens is 3. The van der Waals surface area contributed by atoms with Crippen LogP contribution in [0.25, 0.3) is 17.1 Å². The molecule has 0 amide bonds. The van der Waals surface area contributed by atoms with Crippen molar-refractivity contribution < 1.29 is 13.3 Å². The van der Waals surface area contributed by atoms with Gasteiger partial charge >= 0.3 is 0 Å². The van der Waals surface area contributed by atoms with Gasteiger partial charge in [0, 0.05) is 42.2 Å². The molecular formula is C25H23N5O4S2. The van der Waals surface area contributed by atoms with Crippen molar-refractivity contribution in [2.45, 2.75) is 28.6 Å². The largest absolute Gasteiger partial charge is 0.270 e. The highest BCUT2D eigenvalue weighted by atomic mass is 32.2. The van der Waals surface area contributed by atoms with Crippen molar-refractivity contribution >= 4 is 27.5 Å². The Morgan fingerprint density at radius 1 is 0.917 bits per heavy atom. The van der Waals surface area contributed by atoms with Gasteiger partial charge in [-0.1, -0.05) is 54.2 Å². The van der Waals surface area contributed by atoms with E-state index in [2.05, 4.69) is 10.2 Å². The monoisotopic (exact) mass is 521 g/mol. The van der Waals surface area contributed by atoms with E-state index in [0.717, 1.165) is 24.1 Å². The number of non-ortho nitro benzene ring substituents is 1. The fourth-order valence-corrected chi connectivity index (χ4v) is 6.57. The van der Waals surface area contributed by atoms with Gasteiger partial charge in [-0.2, -0.15) is 4.31 Å². The molecule has 0 bridgehead atoms. The van der Waals surface area contributed by atoms with Crippen molar-refractivity contribution in [3.63, 3.8) is 0 Å². The van der Waals surface area contributed by atoms with Gasteiger partial charge < -0.3 is 0 Å². The summed E-state index contributed by atoms with van der Waals surface area (Å²) in [5.74, 6) is 1.07. The fraction of sp³-hybridized carbons (Fsp3) is 0.200. The summed E-state index contributed by atoms with van der Waals surface area (Å²) in [6.07, 6.45) is 1.74. The van der Waals surface area contributed by atoms with Gasteiger partial charge in [0.2, 0.25) is 10.0 Å². The molecule has 184 valence electrons. The topological polar surface area (TPSA) is 111 Å². The van der Waals surface area contributed by atoms with E-state index >= 15 is 0 Å². The maximum atomic E-state index is 13.1. The number of para-hydroxylation sites is 1. The molecule has 5 rings (SSSR count). The van der Waals surface area contributed by atoms with Crippen LogP contribution in [0.1, 0.15) is 18.4 Å². The molecule has 4 aromatic rings. The van der Waals surface area contributed by atoms with Gasteiger partial charge in [0.1, 0.15) is 0 Å². The second-order valence-electron chi connectivity index (χ2n) is 8.33. The zero-order chi connectivity index (χ0) is 25.1. The van der Waals surface area contributed by atoms with E-state index in [0.29, 0.717) is 35.4 Å². The highest BCUT2D eigenvalue weighted by Crippen LogP contribution is 2.32. The smallest absolute Gasteiger partial charge is 0.269 e. The van der Waals surface area contributed by atoms with Crippen molar-refractivity contribution in [1.29, 1.82) is 0 Å². The zero-order valence-corrected chi connectivity index (χ0v) is 20.9. The van der Waals surface area contributed by atoms with Crippen molar-refractivity contribution in [1.82, 2.24) is 19.1 Å². The predicted octanol–water partition coefficient (Wildman–Crippen LogP) is 4.92. The number of thioether (sulfide) groups is 1. The highest BCUT2D eigenvalue weighted by molar-refractivity contribution is 7.98. The molecule has 0 saturated carbocycles. The predicted molar refractivity (Wildman–Crippen MR) is 137 cm³/mol. The lowest BCUT2D eigenvalue weighted by Gasteiger charge is -2.16. The normalized spacial score (nSPS) is 14.2. The summed E-state index contributed by atoms with van der Waals surface area (Å²) in [4.78, 5) is 10.7. The molecule has 3 aromatic carbocycles. The number of nitrogens with zero attached hydrogens (tertiary/aromatic N) is 5. The standard InChI is InChI=1S/C25H23N5O4S2/c31-30(32)22-13-11-19(12-14-22)18-35-25-27-26-24(29(25)21-8-2-1-3-9-21)20-7-6-10-23(17-20)36(33,34)28-15-4-5-16-28/h1-3,6-14,17H,4-5,15-16,18H2. The Labute approximate surface area is 213 Å². The number of hydrogen-bond donors (Lipinski definition) is 0. The quantitative estimate of drug-likeness (QED) is 0.184. The van der Waals surface area contributed by atoms with Gasteiger partial charge in [-0.3, -0.25) is 14.7 Å². The molecule has 1 aliphatic heterocycles.